The number of carbonyl (C=O) groups is 1. The molecule has 23 heavy (non-hydrogen) atoms. The maximum absolute atomic E-state index is 11.9. The van der Waals surface area contributed by atoms with Gasteiger partial charge < -0.3 is 10.5 Å². The number of primary amides is 1. The second-order valence-electron chi connectivity index (χ2n) is 6.68. The van der Waals surface area contributed by atoms with Crippen LogP contribution in [0.25, 0.3) is 0 Å². The zero-order valence-corrected chi connectivity index (χ0v) is 13.9. The van der Waals surface area contributed by atoms with Crippen molar-refractivity contribution < 1.29 is 9.53 Å². The molecule has 8 nitrogen and oxygen atoms in total. The van der Waals surface area contributed by atoms with E-state index >= 15 is 0 Å². The van der Waals surface area contributed by atoms with E-state index in [-0.39, 0.29) is 5.91 Å². The molecule has 8 heteroatoms. The fourth-order valence-electron chi connectivity index (χ4n) is 3.51. The van der Waals surface area contributed by atoms with Gasteiger partial charge in [-0.3, -0.25) is 14.6 Å². The molecule has 2 N–H and O–H groups in total. The second kappa shape index (κ2) is 6.54. The van der Waals surface area contributed by atoms with Crippen LogP contribution in [-0.4, -0.2) is 75.4 Å². The highest BCUT2D eigenvalue weighted by molar-refractivity contribution is 5.85. The van der Waals surface area contributed by atoms with Gasteiger partial charge >= 0.3 is 0 Å². The van der Waals surface area contributed by atoms with Crippen molar-refractivity contribution in [2.75, 3.05) is 39.4 Å². The monoisotopic (exact) mass is 322 g/mol. The summed E-state index contributed by atoms with van der Waals surface area (Å²) >= 11 is 0. The van der Waals surface area contributed by atoms with E-state index < -0.39 is 5.54 Å². The van der Waals surface area contributed by atoms with Crippen LogP contribution in [0, 0.1) is 0 Å². The summed E-state index contributed by atoms with van der Waals surface area (Å²) in [6.45, 7) is 9.45. The maximum Gasteiger partial charge on any atom is 0.240 e. The van der Waals surface area contributed by atoms with Crippen molar-refractivity contribution in [3.8, 4) is 0 Å². The summed E-state index contributed by atoms with van der Waals surface area (Å²) in [6.07, 6.45) is 2.31. The summed E-state index contributed by atoms with van der Waals surface area (Å²) in [5.74, 6) is 0.727. The number of aromatic nitrogens is 3. The molecule has 3 heterocycles. The van der Waals surface area contributed by atoms with E-state index in [0.717, 1.165) is 38.5 Å². The van der Waals surface area contributed by atoms with E-state index in [1.54, 1.807) is 6.33 Å². The van der Waals surface area contributed by atoms with Gasteiger partial charge in [0.1, 0.15) is 17.7 Å². The Morgan fingerprint density at radius 3 is 2.70 bits per heavy atom. The molecule has 0 aliphatic carbocycles. The number of nitrogens with zero attached hydrogens (tertiary/aromatic N) is 5. The normalized spacial score (nSPS) is 26.9. The zero-order chi connectivity index (χ0) is 16.4. The van der Waals surface area contributed by atoms with Gasteiger partial charge in [-0.05, 0) is 13.8 Å². The Hall–Kier alpha value is -1.51. The Kier molecular flexibility index (Phi) is 4.65. The van der Waals surface area contributed by atoms with Crippen molar-refractivity contribution in [1.29, 1.82) is 0 Å². The third-order valence-electron chi connectivity index (χ3n) is 4.94. The van der Waals surface area contributed by atoms with E-state index in [2.05, 4.69) is 33.7 Å². The molecule has 2 aliphatic rings. The van der Waals surface area contributed by atoms with Gasteiger partial charge in [0.2, 0.25) is 5.91 Å². The molecule has 0 bridgehead atoms. The molecular weight excluding hydrogens is 296 g/mol. The minimum atomic E-state index is -0.607. The van der Waals surface area contributed by atoms with Crippen LogP contribution in [0.1, 0.15) is 32.1 Å². The third-order valence-corrected chi connectivity index (χ3v) is 4.94. The molecule has 128 valence electrons. The van der Waals surface area contributed by atoms with Crippen LogP contribution in [0.2, 0.25) is 0 Å². The molecule has 1 atom stereocenters. The summed E-state index contributed by atoms with van der Waals surface area (Å²) in [7, 11) is 0. The number of hydrogen-bond donors (Lipinski definition) is 1. The van der Waals surface area contributed by atoms with Gasteiger partial charge in [0.25, 0.3) is 0 Å². The van der Waals surface area contributed by atoms with Gasteiger partial charge in [0.05, 0.1) is 13.2 Å². The van der Waals surface area contributed by atoms with Gasteiger partial charge in [-0.15, -0.1) is 0 Å². The van der Waals surface area contributed by atoms with E-state index in [1.807, 2.05) is 4.68 Å². The molecule has 1 aromatic rings. The SMILES string of the molecule is CC(C)n1ncnc1CN1CCN(C2(C(N)=O)CCOC2)CC1. The van der Waals surface area contributed by atoms with Crippen LogP contribution in [0.3, 0.4) is 0 Å². The predicted octanol–water partition coefficient (Wildman–Crippen LogP) is -0.379. The number of ether oxygens (including phenoxy) is 1. The first-order chi connectivity index (χ1) is 11.0. The molecule has 0 aromatic carbocycles. The average Bonchev–Trinajstić information content (AvgIpc) is 3.17. The number of hydrogen-bond acceptors (Lipinski definition) is 6. The van der Waals surface area contributed by atoms with Crippen molar-refractivity contribution in [2.24, 2.45) is 5.73 Å². The molecule has 1 aromatic heterocycles. The van der Waals surface area contributed by atoms with Gasteiger partial charge in [-0.25, -0.2) is 9.67 Å². The number of carbonyl (C=O) groups excluding carboxylic acids is 1. The van der Waals surface area contributed by atoms with Gasteiger partial charge in [0.15, 0.2) is 0 Å². The van der Waals surface area contributed by atoms with E-state index in [4.69, 9.17) is 10.5 Å². The van der Waals surface area contributed by atoms with Gasteiger partial charge in [-0.2, -0.15) is 5.10 Å². The molecule has 3 rings (SSSR count). The lowest BCUT2D eigenvalue weighted by Gasteiger charge is -2.43. The molecule has 2 fully saturated rings. The van der Waals surface area contributed by atoms with E-state index in [9.17, 15) is 4.79 Å². The number of amides is 1. The molecular formula is C15H26N6O2. The minimum Gasteiger partial charge on any atom is -0.379 e. The Labute approximate surface area is 136 Å². The Bertz CT molecular complexity index is 544. The Balaban J connectivity index is 1.60. The Morgan fingerprint density at radius 1 is 1.39 bits per heavy atom. The summed E-state index contributed by atoms with van der Waals surface area (Å²) < 4.78 is 7.41. The predicted molar refractivity (Wildman–Crippen MR) is 84.6 cm³/mol. The minimum absolute atomic E-state index is 0.261. The van der Waals surface area contributed by atoms with Crippen molar-refractivity contribution in [3.05, 3.63) is 12.2 Å². The molecule has 0 radical (unpaired) electrons. The first-order valence-corrected chi connectivity index (χ1v) is 8.26. The van der Waals surface area contributed by atoms with Gasteiger partial charge in [0, 0.05) is 45.2 Å². The van der Waals surface area contributed by atoms with Crippen LogP contribution >= 0.6 is 0 Å². The van der Waals surface area contributed by atoms with Crippen LogP contribution in [0.15, 0.2) is 6.33 Å². The molecule has 1 amide bonds. The lowest BCUT2D eigenvalue weighted by Crippen LogP contribution is -2.63. The highest BCUT2D eigenvalue weighted by Gasteiger charge is 2.46. The molecule has 0 spiro atoms. The first-order valence-electron chi connectivity index (χ1n) is 8.26. The molecule has 1 unspecified atom stereocenters. The average molecular weight is 322 g/mol. The van der Waals surface area contributed by atoms with Crippen molar-refractivity contribution in [1.82, 2.24) is 24.6 Å². The summed E-state index contributed by atoms with van der Waals surface area (Å²) in [5.41, 5.74) is 5.06. The fraction of sp³-hybridized carbons (Fsp3) is 0.800. The summed E-state index contributed by atoms with van der Waals surface area (Å²) in [6, 6.07) is 0.308. The number of rotatable bonds is 5. The smallest absolute Gasteiger partial charge is 0.240 e. The topological polar surface area (TPSA) is 89.5 Å². The van der Waals surface area contributed by atoms with Crippen LogP contribution < -0.4 is 5.73 Å². The lowest BCUT2D eigenvalue weighted by molar-refractivity contribution is -0.132. The first kappa shape index (κ1) is 16.4. The Morgan fingerprint density at radius 2 is 2.13 bits per heavy atom. The fourth-order valence-corrected chi connectivity index (χ4v) is 3.51. The third kappa shape index (κ3) is 3.11. The number of nitrogens with two attached hydrogens (primary N) is 1. The second-order valence-corrected chi connectivity index (χ2v) is 6.68. The summed E-state index contributed by atoms with van der Waals surface area (Å²) in [4.78, 5) is 20.9. The lowest BCUT2D eigenvalue weighted by atomic mass is 9.94. The number of piperazine rings is 1. The van der Waals surface area contributed by atoms with Crippen LogP contribution in [-0.2, 0) is 16.1 Å². The maximum atomic E-state index is 11.9. The van der Waals surface area contributed by atoms with E-state index in [1.165, 1.54) is 0 Å². The summed E-state index contributed by atoms with van der Waals surface area (Å²) in [5, 5.41) is 4.28. The van der Waals surface area contributed by atoms with Crippen molar-refractivity contribution >= 4 is 5.91 Å². The zero-order valence-electron chi connectivity index (χ0n) is 13.9. The largest absolute Gasteiger partial charge is 0.379 e. The van der Waals surface area contributed by atoms with Crippen molar-refractivity contribution in [3.63, 3.8) is 0 Å². The molecule has 2 saturated heterocycles. The van der Waals surface area contributed by atoms with Crippen molar-refractivity contribution in [2.45, 2.75) is 38.4 Å². The quantitative estimate of drug-likeness (QED) is 0.795. The standard InChI is InChI=1S/C15H26N6O2/c1-12(2)21-13(17-11-18-21)9-19-4-6-20(7-5-19)15(14(16)22)3-8-23-10-15/h11-12H,3-10H2,1-2H3,(H2,16,22). The highest BCUT2D eigenvalue weighted by atomic mass is 16.5. The van der Waals surface area contributed by atoms with Crippen LogP contribution in [0.4, 0.5) is 0 Å². The van der Waals surface area contributed by atoms with Crippen LogP contribution in [0.5, 0.6) is 0 Å². The molecule has 0 saturated carbocycles. The van der Waals surface area contributed by atoms with Gasteiger partial charge in [-0.1, -0.05) is 0 Å². The molecule has 2 aliphatic heterocycles. The highest BCUT2D eigenvalue weighted by Crippen LogP contribution is 2.27. The van der Waals surface area contributed by atoms with E-state index in [0.29, 0.717) is 25.7 Å².